The number of nitro groups is 1. The van der Waals surface area contributed by atoms with Crippen LogP contribution in [0.4, 0.5) is 10.1 Å². The van der Waals surface area contributed by atoms with Crippen LogP contribution >= 0.6 is 0 Å². The van der Waals surface area contributed by atoms with E-state index in [1.807, 2.05) is 0 Å². The fraction of sp³-hybridized carbons (Fsp3) is 0.0556. The third-order valence-electron chi connectivity index (χ3n) is 3.85. The summed E-state index contributed by atoms with van der Waals surface area (Å²) in [6.07, 6.45) is 0. The molecule has 1 heterocycles. The number of carbonyl (C=O) groups excluding carboxylic acids is 2. The van der Waals surface area contributed by atoms with E-state index in [-0.39, 0.29) is 16.8 Å². The van der Waals surface area contributed by atoms with Gasteiger partial charge in [0.15, 0.2) is 0 Å². The van der Waals surface area contributed by atoms with Crippen molar-refractivity contribution in [3.05, 3.63) is 81.3 Å². The predicted molar refractivity (Wildman–Crippen MR) is 94.5 cm³/mol. The minimum absolute atomic E-state index is 0.135. The number of carbonyl (C=O) groups is 2. The summed E-state index contributed by atoms with van der Waals surface area (Å²) in [6, 6.07) is 10.8. The number of halogens is 1. The number of nitro benzene ring substituents is 1. The average molecular weight is 368 g/mol. The van der Waals surface area contributed by atoms with Crippen LogP contribution in [0.15, 0.2) is 48.5 Å². The maximum Gasteiger partial charge on any atom is 0.282 e. The highest BCUT2D eigenvalue weighted by atomic mass is 19.1. The van der Waals surface area contributed by atoms with Crippen molar-refractivity contribution in [3.63, 3.8) is 0 Å². The molecule has 0 radical (unpaired) electrons. The van der Waals surface area contributed by atoms with Gasteiger partial charge in [0, 0.05) is 11.5 Å². The highest BCUT2D eigenvalue weighted by molar-refractivity contribution is 6.02. The smallest absolute Gasteiger partial charge is 0.267 e. The molecule has 2 N–H and O–H groups in total. The Kier molecular flexibility index (Phi) is 4.75. The van der Waals surface area contributed by atoms with E-state index in [9.17, 15) is 24.1 Å². The van der Waals surface area contributed by atoms with Crippen molar-refractivity contribution in [1.82, 2.24) is 15.8 Å². The third kappa shape index (κ3) is 3.71. The number of fused-ring (bicyclic) bond motifs is 1. The van der Waals surface area contributed by atoms with Gasteiger partial charge >= 0.3 is 0 Å². The van der Waals surface area contributed by atoms with Gasteiger partial charge in [-0.05, 0) is 37.3 Å². The number of pyridine rings is 1. The zero-order valence-corrected chi connectivity index (χ0v) is 14.0. The van der Waals surface area contributed by atoms with Crippen molar-refractivity contribution in [2.24, 2.45) is 0 Å². The Labute approximate surface area is 152 Å². The molecule has 3 aromatic rings. The first-order valence-electron chi connectivity index (χ1n) is 7.78. The lowest BCUT2D eigenvalue weighted by Crippen LogP contribution is -2.42. The number of aryl methyl sites for hydroxylation is 1. The molecule has 0 aliphatic carbocycles. The van der Waals surface area contributed by atoms with E-state index in [4.69, 9.17) is 0 Å². The number of amides is 2. The van der Waals surface area contributed by atoms with E-state index < -0.39 is 22.6 Å². The molecular weight excluding hydrogens is 355 g/mol. The molecule has 0 saturated heterocycles. The van der Waals surface area contributed by atoms with Crippen LogP contribution in [-0.4, -0.2) is 21.7 Å². The summed E-state index contributed by atoms with van der Waals surface area (Å²) in [5.74, 6) is -1.99. The minimum atomic E-state index is -0.840. The fourth-order valence-electron chi connectivity index (χ4n) is 2.55. The summed E-state index contributed by atoms with van der Waals surface area (Å²) < 4.78 is 13.4. The summed E-state index contributed by atoms with van der Waals surface area (Å²) in [6.45, 7) is 1.60. The molecule has 2 aromatic carbocycles. The molecular formula is C18H13FN4O4. The summed E-state index contributed by atoms with van der Waals surface area (Å²) in [4.78, 5) is 39.0. The van der Waals surface area contributed by atoms with Crippen molar-refractivity contribution in [2.45, 2.75) is 6.92 Å². The van der Waals surface area contributed by atoms with Crippen LogP contribution in [0.25, 0.3) is 10.9 Å². The van der Waals surface area contributed by atoms with Crippen molar-refractivity contribution in [1.29, 1.82) is 0 Å². The van der Waals surface area contributed by atoms with Gasteiger partial charge in [0.1, 0.15) is 11.4 Å². The van der Waals surface area contributed by atoms with Crippen LogP contribution in [0.3, 0.4) is 0 Å². The van der Waals surface area contributed by atoms with E-state index in [0.29, 0.717) is 16.6 Å². The number of nitrogens with zero attached hydrogens (tertiary/aromatic N) is 2. The first-order chi connectivity index (χ1) is 12.9. The fourth-order valence-corrected chi connectivity index (χ4v) is 2.55. The van der Waals surface area contributed by atoms with E-state index in [2.05, 4.69) is 15.8 Å². The molecule has 2 amide bonds. The monoisotopic (exact) mass is 368 g/mol. The van der Waals surface area contributed by atoms with Crippen molar-refractivity contribution in [2.75, 3.05) is 0 Å². The van der Waals surface area contributed by atoms with Gasteiger partial charge in [-0.1, -0.05) is 12.1 Å². The molecule has 0 unspecified atom stereocenters. The number of hydrogen-bond donors (Lipinski definition) is 2. The van der Waals surface area contributed by atoms with E-state index in [1.54, 1.807) is 6.92 Å². The average Bonchev–Trinajstić information content (AvgIpc) is 2.65. The lowest BCUT2D eigenvalue weighted by atomic mass is 10.1. The summed E-state index contributed by atoms with van der Waals surface area (Å²) in [5.41, 5.74) is 4.78. The molecule has 1 aromatic heterocycles. The van der Waals surface area contributed by atoms with Crippen molar-refractivity contribution in [3.8, 4) is 0 Å². The number of aromatic nitrogens is 1. The number of hydrazine groups is 1. The van der Waals surface area contributed by atoms with E-state index in [1.165, 1.54) is 48.5 Å². The first kappa shape index (κ1) is 17.9. The molecule has 8 nitrogen and oxygen atoms in total. The number of hydrogen-bond acceptors (Lipinski definition) is 5. The molecule has 0 aliphatic rings. The van der Waals surface area contributed by atoms with Crippen LogP contribution in [0.2, 0.25) is 0 Å². The molecule has 0 bridgehead atoms. The maximum atomic E-state index is 13.4. The number of para-hydroxylation sites is 1. The van der Waals surface area contributed by atoms with Crippen molar-refractivity contribution < 1.29 is 18.9 Å². The zero-order valence-electron chi connectivity index (χ0n) is 14.0. The third-order valence-corrected chi connectivity index (χ3v) is 3.85. The second-order valence-corrected chi connectivity index (χ2v) is 5.64. The molecule has 136 valence electrons. The Morgan fingerprint density at radius 1 is 1.04 bits per heavy atom. The van der Waals surface area contributed by atoms with Gasteiger partial charge < -0.3 is 0 Å². The Balaban J connectivity index is 1.80. The Morgan fingerprint density at radius 3 is 2.41 bits per heavy atom. The molecule has 3 rings (SSSR count). The predicted octanol–water partition coefficient (Wildman–Crippen LogP) is 2.67. The van der Waals surface area contributed by atoms with Crippen LogP contribution in [0, 0.1) is 22.9 Å². The lowest BCUT2D eigenvalue weighted by Gasteiger charge is -2.10. The largest absolute Gasteiger partial charge is 0.282 e. The highest BCUT2D eigenvalue weighted by Crippen LogP contribution is 2.19. The van der Waals surface area contributed by atoms with E-state index >= 15 is 0 Å². The van der Waals surface area contributed by atoms with Gasteiger partial charge in [0.2, 0.25) is 0 Å². The summed E-state index contributed by atoms with van der Waals surface area (Å²) >= 11 is 0. The molecule has 0 atom stereocenters. The number of benzene rings is 2. The van der Waals surface area contributed by atoms with Gasteiger partial charge in [-0.3, -0.25) is 35.5 Å². The number of nitrogens with one attached hydrogen (secondary N) is 2. The lowest BCUT2D eigenvalue weighted by molar-refractivity contribution is -0.385. The summed E-state index contributed by atoms with van der Waals surface area (Å²) in [5, 5.41) is 11.4. The van der Waals surface area contributed by atoms with E-state index in [0.717, 1.165) is 0 Å². The topological polar surface area (TPSA) is 114 Å². The Hall–Kier alpha value is -3.88. The molecule has 0 aliphatic heterocycles. The molecule has 0 fully saturated rings. The van der Waals surface area contributed by atoms with Crippen LogP contribution in [0.1, 0.15) is 26.4 Å². The SMILES string of the molecule is Cc1nc2ccc(F)cc2cc1C(=O)NNC(=O)c1ccccc1[N+](=O)[O-]. The van der Waals surface area contributed by atoms with Crippen molar-refractivity contribution >= 4 is 28.4 Å². The van der Waals surface area contributed by atoms with Gasteiger partial charge in [0.25, 0.3) is 17.5 Å². The van der Waals surface area contributed by atoms with Crippen LogP contribution in [0.5, 0.6) is 0 Å². The Bertz CT molecular complexity index is 1080. The van der Waals surface area contributed by atoms with Crippen LogP contribution < -0.4 is 10.9 Å². The number of rotatable bonds is 3. The molecule has 0 saturated carbocycles. The second kappa shape index (κ2) is 7.16. The summed E-state index contributed by atoms with van der Waals surface area (Å²) in [7, 11) is 0. The first-order valence-corrected chi connectivity index (χ1v) is 7.78. The molecule has 9 heteroatoms. The maximum absolute atomic E-state index is 13.4. The minimum Gasteiger partial charge on any atom is -0.267 e. The highest BCUT2D eigenvalue weighted by Gasteiger charge is 2.20. The quantitative estimate of drug-likeness (QED) is 0.545. The molecule has 0 spiro atoms. The normalized spacial score (nSPS) is 10.4. The van der Waals surface area contributed by atoms with Gasteiger partial charge in [-0.2, -0.15) is 0 Å². The zero-order chi connectivity index (χ0) is 19.6. The van der Waals surface area contributed by atoms with Crippen LogP contribution in [-0.2, 0) is 0 Å². The Morgan fingerprint density at radius 2 is 1.70 bits per heavy atom. The van der Waals surface area contributed by atoms with Gasteiger partial charge in [-0.15, -0.1) is 0 Å². The molecule has 27 heavy (non-hydrogen) atoms. The standard InChI is InChI=1S/C18H13FN4O4/c1-10-14(9-11-8-12(19)6-7-15(11)20-10)18(25)22-21-17(24)13-4-2-3-5-16(13)23(26)27/h2-9H,1H3,(H,21,24)(H,22,25). The van der Waals surface area contributed by atoms with Gasteiger partial charge in [0.05, 0.1) is 21.7 Å². The second-order valence-electron chi connectivity index (χ2n) is 5.64. The van der Waals surface area contributed by atoms with Gasteiger partial charge in [-0.25, -0.2) is 4.39 Å².